The fraction of sp³-hybridized carbons (Fsp3) is 0.0909. The quantitative estimate of drug-likeness (QED) is 0.654. The van der Waals surface area contributed by atoms with Gasteiger partial charge in [-0.1, -0.05) is 11.6 Å². The monoisotopic (exact) mass is 313 g/mol. The highest BCUT2D eigenvalue weighted by Gasteiger charge is 2.08. The van der Waals surface area contributed by atoms with Gasteiger partial charge in [0.1, 0.15) is 17.5 Å². The van der Waals surface area contributed by atoms with Crippen molar-refractivity contribution in [1.29, 1.82) is 0 Å². The van der Waals surface area contributed by atoms with Crippen LogP contribution < -0.4 is 16.6 Å². The molecule has 0 radical (unpaired) electrons. The van der Waals surface area contributed by atoms with E-state index in [9.17, 15) is 9.59 Å². The molecule has 2 aromatic rings. The molecule has 1 amide bonds. The number of nitrogens with two attached hydrogens (primary N) is 1. The van der Waals surface area contributed by atoms with Crippen LogP contribution in [0, 0.1) is 0 Å². The van der Waals surface area contributed by atoms with Gasteiger partial charge in [0.05, 0.1) is 0 Å². The Morgan fingerprint density at radius 3 is 2.80 bits per heavy atom. The van der Waals surface area contributed by atoms with Crippen LogP contribution in [-0.2, 0) is 11.3 Å². The van der Waals surface area contributed by atoms with Crippen molar-refractivity contribution in [1.82, 2.24) is 14.5 Å². The smallest absolute Gasteiger partial charge is 0.251 e. The summed E-state index contributed by atoms with van der Waals surface area (Å²) in [7, 11) is 0. The highest BCUT2D eigenvalue weighted by Crippen LogP contribution is 2.14. The number of nitrogen functional groups attached to an aromatic ring is 1. The molecule has 0 saturated carbocycles. The van der Waals surface area contributed by atoms with Gasteiger partial charge in [-0.2, -0.15) is 0 Å². The lowest BCUT2D eigenvalue weighted by Crippen LogP contribution is -2.27. The molecule has 2 heterocycles. The second-order valence-corrected chi connectivity index (χ2v) is 4.55. The van der Waals surface area contributed by atoms with Gasteiger partial charge in [-0.15, -0.1) is 0 Å². The number of nitrogens with one attached hydrogen (secondary N) is 1. The van der Waals surface area contributed by atoms with Gasteiger partial charge in [0.25, 0.3) is 5.56 Å². The SMILES string of the molecule is Nc1ccc(=O)n(CC(=O)Nc2cc(Cl)nc(Cl)n2)c1. The van der Waals surface area contributed by atoms with Crippen LogP contribution in [-0.4, -0.2) is 20.4 Å². The Morgan fingerprint density at radius 2 is 2.10 bits per heavy atom. The number of aromatic nitrogens is 3. The lowest BCUT2D eigenvalue weighted by Gasteiger charge is -2.07. The molecule has 0 saturated heterocycles. The van der Waals surface area contributed by atoms with E-state index in [1.165, 1.54) is 29.0 Å². The zero-order valence-electron chi connectivity index (χ0n) is 10.0. The molecule has 2 rings (SSSR count). The van der Waals surface area contributed by atoms with Crippen molar-refractivity contribution in [3.8, 4) is 0 Å². The van der Waals surface area contributed by atoms with Gasteiger partial charge in [0.15, 0.2) is 0 Å². The molecule has 0 atom stereocenters. The summed E-state index contributed by atoms with van der Waals surface area (Å²) in [5.41, 5.74) is 5.59. The van der Waals surface area contributed by atoms with Crippen LogP contribution in [0.15, 0.2) is 29.2 Å². The van der Waals surface area contributed by atoms with Crippen molar-refractivity contribution in [2.75, 3.05) is 11.1 Å². The van der Waals surface area contributed by atoms with Crippen LogP contribution in [0.2, 0.25) is 10.4 Å². The highest BCUT2D eigenvalue weighted by molar-refractivity contribution is 6.32. The molecular weight excluding hydrogens is 305 g/mol. The highest BCUT2D eigenvalue weighted by atomic mass is 35.5. The van der Waals surface area contributed by atoms with Gasteiger partial charge in [0.2, 0.25) is 11.2 Å². The van der Waals surface area contributed by atoms with Crippen LogP contribution in [0.1, 0.15) is 0 Å². The zero-order chi connectivity index (χ0) is 14.7. The molecule has 0 bridgehead atoms. The Bertz CT molecular complexity index is 696. The molecule has 104 valence electrons. The minimum absolute atomic E-state index is 0.0890. The molecule has 20 heavy (non-hydrogen) atoms. The van der Waals surface area contributed by atoms with Crippen molar-refractivity contribution >= 4 is 40.6 Å². The standard InChI is InChI=1S/C11H9Cl2N5O2/c12-7-3-8(17-11(13)15-7)16-9(19)5-18-4-6(14)1-2-10(18)20/h1-4H,5,14H2,(H,15,16,17,19). The summed E-state index contributed by atoms with van der Waals surface area (Å²) in [6.45, 7) is -0.205. The first-order valence-electron chi connectivity index (χ1n) is 5.40. The summed E-state index contributed by atoms with van der Waals surface area (Å²) in [6.07, 6.45) is 1.38. The predicted octanol–water partition coefficient (Wildman–Crippen LogP) is 1.17. The number of carbonyl (C=O) groups excluding carboxylic acids is 1. The van der Waals surface area contributed by atoms with Crippen molar-refractivity contribution in [2.45, 2.75) is 6.54 Å². The Hall–Kier alpha value is -2.12. The summed E-state index contributed by atoms with van der Waals surface area (Å²) in [4.78, 5) is 30.8. The minimum atomic E-state index is -0.469. The molecule has 0 aromatic carbocycles. The number of rotatable bonds is 3. The van der Waals surface area contributed by atoms with E-state index in [0.717, 1.165) is 0 Å². The van der Waals surface area contributed by atoms with E-state index >= 15 is 0 Å². The van der Waals surface area contributed by atoms with E-state index in [2.05, 4.69) is 15.3 Å². The number of amides is 1. The molecule has 0 aliphatic rings. The number of pyridine rings is 1. The van der Waals surface area contributed by atoms with Crippen molar-refractivity contribution in [2.24, 2.45) is 0 Å². The molecular formula is C11H9Cl2N5O2. The average molecular weight is 314 g/mol. The largest absolute Gasteiger partial charge is 0.398 e. The number of hydrogen-bond acceptors (Lipinski definition) is 5. The predicted molar refractivity (Wildman–Crippen MR) is 75.8 cm³/mol. The fourth-order valence-electron chi connectivity index (χ4n) is 1.46. The number of anilines is 2. The molecule has 9 heteroatoms. The van der Waals surface area contributed by atoms with Gasteiger partial charge in [0, 0.05) is 24.0 Å². The van der Waals surface area contributed by atoms with Gasteiger partial charge in [-0.05, 0) is 17.7 Å². The van der Waals surface area contributed by atoms with Crippen LogP contribution in [0.3, 0.4) is 0 Å². The van der Waals surface area contributed by atoms with Crippen LogP contribution in [0.4, 0.5) is 11.5 Å². The Morgan fingerprint density at radius 1 is 1.35 bits per heavy atom. The normalized spacial score (nSPS) is 10.3. The third kappa shape index (κ3) is 3.69. The third-order valence-electron chi connectivity index (χ3n) is 2.26. The van der Waals surface area contributed by atoms with Crippen molar-refractivity contribution in [3.63, 3.8) is 0 Å². The van der Waals surface area contributed by atoms with E-state index in [1.54, 1.807) is 0 Å². The Balaban J connectivity index is 2.13. The second kappa shape index (κ2) is 5.89. The maximum atomic E-state index is 11.8. The third-order valence-corrected chi connectivity index (χ3v) is 2.62. The lowest BCUT2D eigenvalue weighted by atomic mass is 10.4. The van der Waals surface area contributed by atoms with E-state index in [1.807, 2.05) is 0 Å². The first kappa shape index (κ1) is 14.3. The summed E-state index contributed by atoms with van der Waals surface area (Å²) < 4.78 is 1.18. The average Bonchev–Trinajstić information content (AvgIpc) is 2.32. The van der Waals surface area contributed by atoms with E-state index < -0.39 is 5.91 Å². The van der Waals surface area contributed by atoms with E-state index in [4.69, 9.17) is 28.9 Å². The Kier molecular flexibility index (Phi) is 4.21. The van der Waals surface area contributed by atoms with Crippen LogP contribution >= 0.6 is 23.2 Å². The molecule has 7 nitrogen and oxygen atoms in total. The molecule has 0 aliphatic carbocycles. The van der Waals surface area contributed by atoms with E-state index in [0.29, 0.717) is 5.69 Å². The maximum Gasteiger partial charge on any atom is 0.251 e. The first-order valence-corrected chi connectivity index (χ1v) is 6.15. The lowest BCUT2D eigenvalue weighted by molar-refractivity contribution is -0.116. The maximum absolute atomic E-state index is 11.8. The van der Waals surface area contributed by atoms with Gasteiger partial charge in [-0.3, -0.25) is 9.59 Å². The van der Waals surface area contributed by atoms with Gasteiger partial charge in [-0.25, -0.2) is 9.97 Å². The second-order valence-electron chi connectivity index (χ2n) is 3.82. The zero-order valence-corrected chi connectivity index (χ0v) is 11.5. The van der Waals surface area contributed by atoms with Gasteiger partial charge < -0.3 is 15.6 Å². The van der Waals surface area contributed by atoms with Crippen molar-refractivity contribution < 1.29 is 4.79 Å². The van der Waals surface area contributed by atoms with Crippen LogP contribution in [0.5, 0.6) is 0 Å². The summed E-state index contributed by atoms with van der Waals surface area (Å²) in [6, 6.07) is 4.08. The molecule has 3 N–H and O–H groups in total. The topological polar surface area (TPSA) is 103 Å². The fourth-order valence-corrected chi connectivity index (χ4v) is 1.87. The Labute approximate surface area is 123 Å². The molecule has 0 unspecified atom stereocenters. The number of halogens is 2. The van der Waals surface area contributed by atoms with E-state index in [-0.39, 0.29) is 28.4 Å². The summed E-state index contributed by atoms with van der Waals surface area (Å²) in [5.74, 6) is -0.319. The number of hydrogen-bond donors (Lipinski definition) is 2. The van der Waals surface area contributed by atoms with Crippen LogP contribution in [0.25, 0.3) is 0 Å². The number of nitrogens with zero attached hydrogens (tertiary/aromatic N) is 3. The molecule has 0 spiro atoms. The minimum Gasteiger partial charge on any atom is -0.398 e. The van der Waals surface area contributed by atoms with Crippen molar-refractivity contribution in [3.05, 3.63) is 45.2 Å². The number of carbonyl (C=O) groups is 1. The first-order chi connectivity index (χ1) is 9.44. The molecule has 0 fully saturated rings. The summed E-state index contributed by atoms with van der Waals surface area (Å²) in [5, 5.41) is 2.47. The molecule has 0 aliphatic heterocycles. The van der Waals surface area contributed by atoms with Gasteiger partial charge >= 0.3 is 0 Å². The molecule has 2 aromatic heterocycles. The summed E-state index contributed by atoms with van der Waals surface area (Å²) >= 11 is 11.3.